The molecule has 0 saturated heterocycles. The van der Waals surface area contributed by atoms with Crippen LogP contribution in [0.15, 0.2) is 42.5 Å². The van der Waals surface area contributed by atoms with Gasteiger partial charge in [-0.3, -0.25) is 9.79 Å². The molecule has 0 unspecified atom stereocenters. The van der Waals surface area contributed by atoms with E-state index < -0.39 is 7.82 Å². The number of pyridine rings is 1. The van der Waals surface area contributed by atoms with Crippen LogP contribution < -0.4 is 10.3 Å². The lowest BCUT2D eigenvalue weighted by molar-refractivity contribution is 0.282. The molecule has 0 aliphatic carbocycles. The van der Waals surface area contributed by atoms with Gasteiger partial charge in [0.15, 0.2) is 5.82 Å². The van der Waals surface area contributed by atoms with E-state index >= 15 is 0 Å². The van der Waals surface area contributed by atoms with Crippen molar-refractivity contribution >= 4 is 35.6 Å². The standard InChI is InChI=1S/C21H23N4O5P/c1-2-3-8-18-24-19-20(15-6-4-5-7-16(15)23-21(19)22)25(18)12-13-11-14(26)9-10-17(13)30-31(27,28)29/h4-7,9-11,26H,2-3,8,12H2,1H3,(H2,22,23)(H2,27,28,29). The minimum atomic E-state index is -4.78. The molecule has 0 amide bonds. The molecule has 0 aliphatic rings. The number of nitrogens with zero attached hydrogens (tertiary/aromatic N) is 3. The number of phenolic OH excluding ortho intramolecular Hbond substituents is 1. The Balaban J connectivity index is 1.95. The number of phenols is 1. The summed E-state index contributed by atoms with van der Waals surface area (Å²) >= 11 is 0. The van der Waals surface area contributed by atoms with Gasteiger partial charge in [0, 0.05) is 17.4 Å². The van der Waals surface area contributed by atoms with Crippen molar-refractivity contribution in [2.75, 3.05) is 5.73 Å². The number of phosphoric ester groups is 1. The number of hydrogen-bond donors (Lipinski definition) is 4. The molecule has 2 heterocycles. The van der Waals surface area contributed by atoms with Crippen molar-refractivity contribution < 1.29 is 24.0 Å². The predicted molar refractivity (Wildman–Crippen MR) is 118 cm³/mol. The van der Waals surface area contributed by atoms with E-state index in [0.29, 0.717) is 23.3 Å². The summed E-state index contributed by atoms with van der Waals surface area (Å²) in [5, 5.41) is 10.9. The van der Waals surface area contributed by atoms with Crippen molar-refractivity contribution in [3.05, 3.63) is 53.9 Å². The third kappa shape index (κ3) is 4.34. The Morgan fingerprint density at radius 2 is 1.94 bits per heavy atom. The molecule has 9 nitrogen and oxygen atoms in total. The topological polar surface area (TPSA) is 144 Å². The van der Waals surface area contributed by atoms with E-state index in [0.717, 1.165) is 35.1 Å². The van der Waals surface area contributed by atoms with Crippen molar-refractivity contribution in [3.8, 4) is 11.5 Å². The van der Waals surface area contributed by atoms with Crippen molar-refractivity contribution in [3.63, 3.8) is 0 Å². The van der Waals surface area contributed by atoms with Gasteiger partial charge in [-0.15, -0.1) is 0 Å². The average molecular weight is 442 g/mol. The summed E-state index contributed by atoms with van der Waals surface area (Å²) in [6.45, 7) is 2.26. The van der Waals surface area contributed by atoms with Crippen LogP contribution in [-0.2, 0) is 17.5 Å². The number of nitrogen functional groups attached to an aromatic ring is 1. The summed E-state index contributed by atoms with van der Waals surface area (Å²) in [7, 11) is -4.78. The summed E-state index contributed by atoms with van der Waals surface area (Å²) in [4.78, 5) is 27.8. The van der Waals surface area contributed by atoms with Crippen LogP contribution in [0.4, 0.5) is 5.82 Å². The van der Waals surface area contributed by atoms with Crippen molar-refractivity contribution in [2.45, 2.75) is 32.7 Å². The molecule has 0 atom stereocenters. The highest BCUT2D eigenvalue weighted by Crippen LogP contribution is 2.40. The van der Waals surface area contributed by atoms with Gasteiger partial charge in [-0.1, -0.05) is 31.5 Å². The largest absolute Gasteiger partial charge is 0.524 e. The van der Waals surface area contributed by atoms with Gasteiger partial charge in [0.05, 0.1) is 17.6 Å². The van der Waals surface area contributed by atoms with Crippen molar-refractivity contribution in [1.29, 1.82) is 0 Å². The Morgan fingerprint density at radius 3 is 2.68 bits per heavy atom. The molecular formula is C21H23N4O5P. The van der Waals surface area contributed by atoms with Crippen LogP contribution in [0.3, 0.4) is 0 Å². The summed E-state index contributed by atoms with van der Waals surface area (Å²) in [5.74, 6) is 1.03. The number of anilines is 1. The second kappa shape index (κ2) is 8.19. The minimum absolute atomic E-state index is 0.0132. The number of aromatic hydroxyl groups is 1. The zero-order chi connectivity index (χ0) is 22.2. The molecule has 0 fully saturated rings. The lowest BCUT2D eigenvalue weighted by atomic mass is 10.1. The molecule has 4 aromatic rings. The highest BCUT2D eigenvalue weighted by molar-refractivity contribution is 7.46. The highest BCUT2D eigenvalue weighted by Gasteiger charge is 2.22. The molecule has 10 heteroatoms. The molecule has 31 heavy (non-hydrogen) atoms. The number of unbranched alkanes of at least 4 members (excludes halogenated alkanes) is 1. The summed E-state index contributed by atoms with van der Waals surface area (Å²) in [5.41, 5.74) is 8.68. The fourth-order valence-electron chi connectivity index (χ4n) is 3.68. The Hall–Kier alpha value is -3.13. The van der Waals surface area contributed by atoms with Gasteiger partial charge < -0.3 is 19.9 Å². The van der Waals surface area contributed by atoms with Gasteiger partial charge >= 0.3 is 7.82 Å². The van der Waals surface area contributed by atoms with E-state index in [1.807, 2.05) is 28.8 Å². The van der Waals surface area contributed by atoms with Crippen LogP contribution in [0.25, 0.3) is 21.9 Å². The third-order valence-corrected chi connectivity index (χ3v) is 5.47. The highest BCUT2D eigenvalue weighted by atomic mass is 31.2. The lowest BCUT2D eigenvalue weighted by Gasteiger charge is -2.15. The Kier molecular flexibility index (Phi) is 5.58. The molecule has 0 spiro atoms. The zero-order valence-corrected chi connectivity index (χ0v) is 17.8. The number of benzene rings is 2. The number of phosphoric acid groups is 1. The Labute approximate surface area is 178 Å². The van der Waals surface area contributed by atoms with Crippen LogP contribution in [0.2, 0.25) is 0 Å². The summed E-state index contributed by atoms with van der Waals surface area (Å²) < 4.78 is 18.3. The lowest BCUT2D eigenvalue weighted by Crippen LogP contribution is -2.07. The molecule has 0 saturated carbocycles. The van der Waals surface area contributed by atoms with E-state index in [4.69, 9.17) is 15.2 Å². The number of rotatable bonds is 7. The molecule has 4 rings (SSSR count). The Morgan fingerprint density at radius 1 is 1.16 bits per heavy atom. The van der Waals surface area contributed by atoms with Crippen molar-refractivity contribution in [1.82, 2.24) is 14.5 Å². The second-order valence-electron chi connectivity index (χ2n) is 7.30. The summed E-state index contributed by atoms with van der Waals surface area (Å²) in [6, 6.07) is 11.7. The smallest absolute Gasteiger partial charge is 0.508 e. The molecule has 2 aromatic carbocycles. The maximum atomic E-state index is 11.4. The number of para-hydroxylation sites is 1. The first kappa shape index (κ1) is 21.1. The van der Waals surface area contributed by atoms with Crippen LogP contribution in [0.5, 0.6) is 11.5 Å². The van der Waals surface area contributed by atoms with E-state index in [1.54, 1.807) is 0 Å². The van der Waals surface area contributed by atoms with Gasteiger partial charge in [-0.25, -0.2) is 14.5 Å². The fraction of sp³-hybridized carbons (Fsp3) is 0.238. The Bertz CT molecular complexity index is 1310. The van der Waals surface area contributed by atoms with Crippen LogP contribution in [-0.4, -0.2) is 29.4 Å². The molecule has 0 bridgehead atoms. The number of aryl methyl sites for hydroxylation is 1. The van der Waals surface area contributed by atoms with Crippen LogP contribution in [0.1, 0.15) is 31.2 Å². The van der Waals surface area contributed by atoms with Gasteiger partial charge in [-0.2, -0.15) is 0 Å². The SMILES string of the molecule is CCCCc1nc2c(N)nc3ccccc3c2n1Cc1cc(O)ccc1OP(=O)(O)O. The first-order chi connectivity index (χ1) is 14.8. The van der Waals surface area contributed by atoms with E-state index in [-0.39, 0.29) is 18.0 Å². The molecule has 2 aromatic heterocycles. The average Bonchev–Trinajstić information content (AvgIpc) is 3.07. The second-order valence-corrected chi connectivity index (χ2v) is 8.47. The van der Waals surface area contributed by atoms with Gasteiger partial charge in [0.25, 0.3) is 0 Å². The molecule has 0 radical (unpaired) electrons. The monoisotopic (exact) mass is 442 g/mol. The quantitative estimate of drug-likeness (QED) is 0.317. The number of nitrogens with two attached hydrogens (primary N) is 1. The minimum Gasteiger partial charge on any atom is -0.508 e. The molecule has 5 N–H and O–H groups in total. The first-order valence-corrected chi connectivity index (χ1v) is 11.4. The first-order valence-electron chi connectivity index (χ1n) is 9.87. The van der Waals surface area contributed by atoms with E-state index in [1.165, 1.54) is 18.2 Å². The number of fused-ring (bicyclic) bond motifs is 3. The third-order valence-electron chi connectivity index (χ3n) is 5.03. The van der Waals surface area contributed by atoms with Crippen LogP contribution in [0, 0.1) is 0 Å². The number of aromatic nitrogens is 3. The number of imidazole rings is 1. The normalized spacial score (nSPS) is 12.0. The van der Waals surface area contributed by atoms with Gasteiger partial charge in [0.1, 0.15) is 22.8 Å². The number of hydrogen-bond acceptors (Lipinski definition) is 6. The van der Waals surface area contributed by atoms with E-state index in [9.17, 15) is 19.5 Å². The van der Waals surface area contributed by atoms with Crippen molar-refractivity contribution in [2.24, 2.45) is 0 Å². The van der Waals surface area contributed by atoms with Gasteiger partial charge in [0.2, 0.25) is 0 Å². The fourth-order valence-corrected chi connectivity index (χ4v) is 4.11. The van der Waals surface area contributed by atoms with Gasteiger partial charge in [-0.05, 0) is 30.7 Å². The summed E-state index contributed by atoms with van der Waals surface area (Å²) in [6.07, 6.45) is 2.56. The van der Waals surface area contributed by atoms with E-state index in [2.05, 4.69) is 11.9 Å². The van der Waals surface area contributed by atoms with Crippen LogP contribution >= 0.6 is 7.82 Å². The molecule has 0 aliphatic heterocycles. The predicted octanol–water partition coefficient (Wildman–Crippen LogP) is 3.73. The molecule has 162 valence electrons. The maximum Gasteiger partial charge on any atom is 0.524 e. The zero-order valence-electron chi connectivity index (χ0n) is 16.9. The molecular weight excluding hydrogens is 419 g/mol. The maximum absolute atomic E-state index is 11.4.